The van der Waals surface area contributed by atoms with Crippen molar-refractivity contribution in [1.82, 2.24) is 5.32 Å². The van der Waals surface area contributed by atoms with Crippen molar-refractivity contribution >= 4 is 12.1 Å². The van der Waals surface area contributed by atoms with Crippen LogP contribution < -0.4 is 5.32 Å². The van der Waals surface area contributed by atoms with E-state index in [1.807, 2.05) is 6.92 Å². The molecular formula is C13H23NO4. The first kappa shape index (κ1) is 14.8. The van der Waals surface area contributed by atoms with Crippen LogP contribution in [0.1, 0.15) is 52.4 Å². The largest absolute Gasteiger partial charge is 0.425 e. The number of alkyl carbamates (subject to hydrolysis) is 1. The number of rotatable bonds is 5. The summed E-state index contributed by atoms with van der Waals surface area (Å²) in [7, 11) is 0. The van der Waals surface area contributed by atoms with Gasteiger partial charge in [0.2, 0.25) is 6.29 Å². The summed E-state index contributed by atoms with van der Waals surface area (Å²) in [5.74, 6) is -0.269. The van der Waals surface area contributed by atoms with Gasteiger partial charge in [-0.25, -0.2) is 4.79 Å². The van der Waals surface area contributed by atoms with E-state index in [2.05, 4.69) is 5.32 Å². The van der Waals surface area contributed by atoms with Crippen molar-refractivity contribution in [3.63, 3.8) is 0 Å². The molecule has 1 aliphatic rings. The van der Waals surface area contributed by atoms with E-state index in [4.69, 9.17) is 9.47 Å². The van der Waals surface area contributed by atoms with E-state index in [0.717, 1.165) is 32.1 Å². The van der Waals surface area contributed by atoms with Crippen LogP contribution in [0.2, 0.25) is 0 Å². The summed E-state index contributed by atoms with van der Waals surface area (Å²) in [5.41, 5.74) is 0. The normalized spacial score (nSPS) is 17.9. The molecule has 18 heavy (non-hydrogen) atoms. The van der Waals surface area contributed by atoms with Gasteiger partial charge in [-0.1, -0.05) is 26.2 Å². The summed E-state index contributed by atoms with van der Waals surface area (Å²) in [6.07, 6.45) is 4.58. The molecule has 1 fully saturated rings. The lowest BCUT2D eigenvalue weighted by Crippen LogP contribution is -2.32. The van der Waals surface area contributed by atoms with Crippen LogP contribution in [-0.2, 0) is 14.3 Å². The maximum atomic E-state index is 11.8. The minimum atomic E-state index is -0.823. The predicted molar refractivity (Wildman–Crippen MR) is 66.9 cm³/mol. The first-order valence-electron chi connectivity index (χ1n) is 6.78. The second-order valence-electron chi connectivity index (χ2n) is 4.67. The van der Waals surface area contributed by atoms with Gasteiger partial charge < -0.3 is 14.8 Å². The van der Waals surface area contributed by atoms with E-state index in [-0.39, 0.29) is 11.9 Å². The summed E-state index contributed by atoms with van der Waals surface area (Å²) in [4.78, 5) is 23.0. The van der Waals surface area contributed by atoms with Gasteiger partial charge in [-0.15, -0.1) is 0 Å². The molecule has 0 bridgehead atoms. The Labute approximate surface area is 108 Å². The maximum Gasteiger partial charge on any atom is 0.410 e. The molecule has 0 heterocycles. The van der Waals surface area contributed by atoms with Gasteiger partial charge >= 0.3 is 12.1 Å². The lowest BCUT2D eigenvalue weighted by atomic mass is 9.89. The van der Waals surface area contributed by atoms with Crippen molar-refractivity contribution in [2.75, 3.05) is 6.54 Å². The topological polar surface area (TPSA) is 64.6 Å². The zero-order chi connectivity index (χ0) is 13.4. The van der Waals surface area contributed by atoms with Gasteiger partial charge in [0.05, 0.1) is 5.92 Å². The molecule has 1 atom stereocenters. The van der Waals surface area contributed by atoms with Gasteiger partial charge in [-0.3, -0.25) is 4.79 Å². The number of esters is 1. The van der Waals surface area contributed by atoms with Gasteiger partial charge in [-0.2, -0.15) is 0 Å². The van der Waals surface area contributed by atoms with E-state index in [0.29, 0.717) is 6.54 Å². The molecule has 104 valence electrons. The minimum Gasteiger partial charge on any atom is -0.425 e. The van der Waals surface area contributed by atoms with Crippen molar-refractivity contribution in [2.24, 2.45) is 5.92 Å². The molecule has 1 unspecified atom stereocenters. The molecule has 5 heteroatoms. The quantitative estimate of drug-likeness (QED) is 0.607. The first-order valence-corrected chi connectivity index (χ1v) is 6.78. The van der Waals surface area contributed by atoms with Gasteiger partial charge in [0.1, 0.15) is 0 Å². The van der Waals surface area contributed by atoms with Gasteiger partial charge in [0.25, 0.3) is 0 Å². The Hall–Kier alpha value is -1.26. The van der Waals surface area contributed by atoms with Crippen LogP contribution in [0.5, 0.6) is 0 Å². The Bertz CT molecular complexity index is 274. The van der Waals surface area contributed by atoms with Crippen LogP contribution in [0.25, 0.3) is 0 Å². The Morgan fingerprint density at radius 2 is 1.89 bits per heavy atom. The second-order valence-corrected chi connectivity index (χ2v) is 4.67. The number of hydrogen-bond acceptors (Lipinski definition) is 4. The summed E-state index contributed by atoms with van der Waals surface area (Å²) >= 11 is 0. The van der Waals surface area contributed by atoms with Crippen molar-refractivity contribution in [3.8, 4) is 0 Å². The van der Waals surface area contributed by atoms with E-state index in [1.165, 1.54) is 6.42 Å². The Morgan fingerprint density at radius 1 is 1.22 bits per heavy atom. The summed E-state index contributed by atoms with van der Waals surface area (Å²) in [6.45, 7) is 4.07. The molecular weight excluding hydrogens is 234 g/mol. The molecule has 1 rings (SSSR count). The monoisotopic (exact) mass is 257 g/mol. The fraction of sp³-hybridized carbons (Fsp3) is 0.846. The lowest BCUT2D eigenvalue weighted by molar-refractivity contribution is -0.170. The molecule has 1 aliphatic carbocycles. The van der Waals surface area contributed by atoms with Crippen molar-refractivity contribution in [2.45, 2.75) is 58.7 Å². The highest BCUT2D eigenvalue weighted by Crippen LogP contribution is 2.25. The molecule has 0 saturated heterocycles. The molecule has 1 amide bonds. The van der Waals surface area contributed by atoms with Crippen LogP contribution in [0, 0.1) is 5.92 Å². The van der Waals surface area contributed by atoms with Crippen LogP contribution in [0.4, 0.5) is 4.79 Å². The van der Waals surface area contributed by atoms with Gasteiger partial charge in [-0.05, 0) is 19.3 Å². The number of hydrogen-bond donors (Lipinski definition) is 1. The average molecular weight is 257 g/mol. The number of ether oxygens (including phenoxy) is 2. The van der Waals surface area contributed by atoms with Crippen molar-refractivity contribution in [3.05, 3.63) is 0 Å². The molecule has 1 N–H and O–H groups in total. The fourth-order valence-corrected chi connectivity index (χ4v) is 2.04. The third-order valence-corrected chi connectivity index (χ3v) is 3.01. The molecule has 1 saturated carbocycles. The highest BCUT2D eigenvalue weighted by molar-refractivity contribution is 5.73. The van der Waals surface area contributed by atoms with Gasteiger partial charge in [0, 0.05) is 13.5 Å². The standard InChI is InChI=1S/C13H23NO4/c1-3-9-14-13(16)18-10(2)17-12(15)11-7-5-4-6-8-11/h10-11H,3-9H2,1-2H3,(H,14,16). The first-order chi connectivity index (χ1) is 8.63. The third-order valence-electron chi connectivity index (χ3n) is 3.01. The average Bonchev–Trinajstić information content (AvgIpc) is 2.37. The molecule has 0 aromatic rings. The third kappa shape index (κ3) is 5.38. The van der Waals surface area contributed by atoms with E-state index in [1.54, 1.807) is 6.92 Å². The summed E-state index contributed by atoms with van der Waals surface area (Å²) in [6, 6.07) is 0. The van der Waals surface area contributed by atoms with E-state index in [9.17, 15) is 9.59 Å². The minimum absolute atomic E-state index is 0.0245. The number of amides is 1. The lowest BCUT2D eigenvalue weighted by Gasteiger charge is -2.22. The fourth-order valence-electron chi connectivity index (χ4n) is 2.04. The summed E-state index contributed by atoms with van der Waals surface area (Å²) < 4.78 is 10.0. The number of carbonyl (C=O) groups is 2. The smallest absolute Gasteiger partial charge is 0.410 e. The van der Waals surface area contributed by atoms with Crippen molar-refractivity contribution in [1.29, 1.82) is 0 Å². The summed E-state index contributed by atoms with van der Waals surface area (Å²) in [5, 5.41) is 2.56. The maximum absolute atomic E-state index is 11.8. The Morgan fingerprint density at radius 3 is 2.50 bits per heavy atom. The molecule has 0 aromatic heterocycles. The van der Waals surface area contributed by atoms with E-state index >= 15 is 0 Å². The SMILES string of the molecule is CCCNC(=O)OC(C)OC(=O)C1CCCCC1. The van der Waals surface area contributed by atoms with Crippen LogP contribution >= 0.6 is 0 Å². The molecule has 0 spiro atoms. The number of carbonyl (C=O) groups excluding carboxylic acids is 2. The van der Waals surface area contributed by atoms with Crippen molar-refractivity contribution < 1.29 is 19.1 Å². The zero-order valence-corrected chi connectivity index (χ0v) is 11.2. The molecule has 0 radical (unpaired) electrons. The molecule has 0 aromatic carbocycles. The Kier molecular flexibility index (Phi) is 6.54. The molecule has 5 nitrogen and oxygen atoms in total. The van der Waals surface area contributed by atoms with Crippen LogP contribution in [0.15, 0.2) is 0 Å². The number of nitrogens with one attached hydrogen (secondary N) is 1. The van der Waals surface area contributed by atoms with Crippen LogP contribution in [-0.4, -0.2) is 24.9 Å². The highest BCUT2D eigenvalue weighted by Gasteiger charge is 2.24. The highest BCUT2D eigenvalue weighted by atomic mass is 16.7. The predicted octanol–water partition coefficient (Wildman–Crippen LogP) is 2.59. The van der Waals surface area contributed by atoms with Crippen LogP contribution in [0.3, 0.4) is 0 Å². The zero-order valence-electron chi connectivity index (χ0n) is 11.2. The molecule has 0 aliphatic heterocycles. The van der Waals surface area contributed by atoms with Gasteiger partial charge in [0.15, 0.2) is 0 Å². The van der Waals surface area contributed by atoms with E-state index < -0.39 is 12.4 Å². The second kappa shape index (κ2) is 7.95. The Balaban J connectivity index is 2.23.